The minimum absolute atomic E-state index is 0.134. The Hall–Kier alpha value is -3.75. The molecule has 192 valence electrons. The van der Waals surface area contributed by atoms with Gasteiger partial charge in [0.1, 0.15) is 6.04 Å². The summed E-state index contributed by atoms with van der Waals surface area (Å²) < 4.78 is 2.28. The van der Waals surface area contributed by atoms with Gasteiger partial charge in [0.25, 0.3) is 11.5 Å². The number of fused-ring (bicyclic) bond motifs is 1. The van der Waals surface area contributed by atoms with Gasteiger partial charge in [0.2, 0.25) is 0 Å². The Morgan fingerprint density at radius 3 is 2.47 bits per heavy atom. The van der Waals surface area contributed by atoms with Crippen molar-refractivity contribution in [1.82, 2.24) is 4.57 Å². The summed E-state index contributed by atoms with van der Waals surface area (Å²) in [5.41, 5.74) is 3.88. The van der Waals surface area contributed by atoms with E-state index in [-0.39, 0.29) is 11.5 Å². The molecule has 0 aliphatic carbocycles. The number of allylic oxidation sites excluding steroid dienone is 1. The Morgan fingerprint density at radius 2 is 1.76 bits per heavy atom. The van der Waals surface area contributed by atoms with Gasteiger partial charge in [0.05, 0.1) is 15.8 Å². The van der Waals surface area contributed by atoms with E-state index >= 15 is 0 Å². The van der Waals surface area contributed by atoms with Crippen molar-refractivity contribution in [3.8, 4) is 0 Å². The van der Waals surface area contributed by atoms with Crippen LogP contribution in [-0.2, 0) is 4.79 Å². The molecule has 1 amide bonds. The number of hydrogen-bond donors (Lipinski definition) is 1. The van der Waals surface area contributed by atoms with E-state index in [9.17, 15) is 9.59 Å². The lowest BCUT2D eigenvalue weighted by Gasteiger charge is -2.28. The number of amides is 1. The number of carbonyl (C=O) groups excluding carboxylic acids is 1. The minimum Gasteiger partial charge on any atom is -0.372 e. The fourth-order valence-electron chi connectivity index (χ4n) is 5.13. The van der Waals surface area contributed by atoms with Crippen LogP contribution in [0, 0.1) is 0 Å². The molecule has 0 saturated carbocycles. The highest BCUT2D eigenvalue weighted by atomic mass is 32.1. The Morgan fingerprint density at radius 1 is 1.00 bits per heavy atom. The third-order valence-electron chi connectivity index (χ3n) is 7.02. The van der Waals surface area contributed by atoms with E-state index in [2.05, 4.69) is 34.5 Å². The van der Waals surface area contributed by atoms with Crippen molar-refractivity contribution in [3.63, 3.8) is 0 Å². The first-order chi connectivity index (χ1) is 18.6. The lowest BCUT2D eigenvalue weighted by Crippen LogP contribution is -2.40. The predicted molar refractivity (Wildman–Crippen MR) is 156 cm³/mol. The topological polar surface area (TPSA) is 66.7 Å². The third kappa shape index (κ3) is 4.77. The zero-order chi connectivity index (χ0) is 26.1. The zero-order valence-corrected chi connectivity index (χ0v) is 22.7. The molecule has 2 aromatic carbocycles. The van der Waals surface area contributed by atoms with Gasteiger partial charge in [-0.05, 0) is 73.5 Å². The summed E-state index contributed by atoms with van der Waals surface area (Å²) in [7, 11) is 0. The van der Waals surface area contributed by atoms with Crippen molar-refractivity contribution in [2.45, 2.75) is 32.2 Å². The van der Waals surface area contributed by atoms with E-state index in [1.165, 1.54) is 47.6 Å². The fraction of sp³-hybridized carbons (Fsp3) is 0.233. The van der Waals surface area contributed by atoms with Gasteiger partial charge in [-0.2, -0.15) is 0 Å². The second-order valence-electron chi connectivity index (χ2n) is 9.56. The van der Waals surface area contributed by atoms with Crippen molar-refractivity contribution in [2.24, 2.45) is 4.99 Å². The Balaban J connectivity index is 1.38. The molecule has 6 nitrogen and oxygen atoms in total. The van der Waals surface area contributed by atoms with E-state index in [1.807, 2.05) is 60.8 Å². The molecule has 0 unspecified atom stereocenters. The van der Waals surface area contributed by atoms with Crippen LogP contribution in [0.5, 0.6) is 0 Å². The summed E-state index contributed by atoms with van der Waals surface area (Å²) in [6.45, 7) is 4.04. The van der Waals surface area contributed by atoms with Crippen LogP contribution < -0.4 is 25.1 Å². The second kappa shape index (κ2) is 10.6. The molecule has 1 atom stereocenters. The van der Waals surface area contributed by atoms with Gasteiger partial charge in [-0.15, -0.1) is 11.3 Å². The molecule has 4 heterocycles. The molecule has 4 aromatic rings. The minimum atomic E-state index is -0.529. The number of aromatic nitrogens is 1. The zero-order valence-electron chi connectivity index (χ0n) is 21.1. The Bertz CT molecular complexity index is 1660. The molecular weight excluding hydrogens is 512 g/mol. The summed E-state index contributed by atoms with van der Waals surface area (Å²) in [5.74, 6) is -0.251. The van der Waals surface area contributed by atoms with Gasteiger partial charge in [-0.3, -0.25) is 14.2 Å². The van der Waals surface area contributed by atoms with E-state index in [1.54, 1.807) is 4.57 Å². The lowest BCUT2D eigenvalue weighted by molar-refractivity contribution is -0.113. The molecule has 2 aliphatic rings. The second-order valence-corrected chi connectivity index (χ2v) is 11.5. The Labute approximate surface area is 228 Å². The van der Waals surface area contributed by atoms with E-state index in [4.69, 9.17) is 4.99 Å². The average molecular weight is 541 g/mol. The van der Waals surface area contributed by atoms with Gasteiger partial charge >= 0.3 is 0 Å². The number of para-hydroxylation sites is 1. The van der Waals surface area contributed by atoms with Gasteiger partial charge in [-0.25, -0.2) is 4.99 Å². The monoisotopic (exact) mass is 540 g/mol. The smallest absolute Gasteiger partial charge is 0.271 e. The van der Waals surface area contributed by atoms with Crippen molar-refractivity contribution in [2.75, 3.05) is 23.3 Å². The fourth-order valence-corrected chi connectivity index (χ4v) is 7.00. The number of carbonyl (C=O) groups is 1. The van der Waals surface area contributed by atoms with E-state index in [0.717, 1.165) is 23.5 Å². The molecular formula is C30H28N4O2S2. The van der Waals surface area contributed by atoms with Crippen molar-refractivity contribution in [1.29, 1.82) is 0 Å². The molecule has 1 fully saturated rings. The molecule has 38 heavy (non-hydrogen) atoms. The number of thiophene rings is 1. The highest BCUT2D eigenvalue weighted by molar-refractivity contribution is 7.10. The van der Waals surface area contributed by atoms with Crippen LogP contribution in [-0.4, -0.2) is 23.6 Å². The van der Waals surface area contributed by atoms with Gasteiger partial charge in [0, 0.05) is 29.3 Å². The van der Waals surface area contributed by atoms with Crippen LogP contribution in [0.25, 0.3) is 6.08 Å². The number of piperidine rings is 1. The number of nitrogens with one attached hydrogen (secondary N) is 1. The summed E-state index contributed by atoms with van der Waals surface area (Å²) in [6.07, 6.45) is 5.70. The maximum atomic E-state index is 13.8. The predicted octanol–water partition coefficient (Wildman–Crippen LogP) is 4.93. The summed E-state index contributed by atoms with van der Waals surface area (Å²) in [4.78, 5) is 36.0. The maximum Gasteiger partial charge on any atom is 0.271 e. The van der Waals surface area contributed by atoms with Gasteiger partial charge in [-0.1, -0.05) is 47.7 Å². The molecule has 2 aliphatic heterocycles. The standard InChI is InChI=1S/C30H28N4O2S2/c1-20-26(28(35)32-22-9-4-2-5-10-22)27(24-11-8-18-37-24)34-29(36)25(38-30(34)31-20)19-21-12-14-23(15-13-21)33-16-6-3-7-17-33/h2,4-5,8-15,18-19,27H,3,6-7,16-17H2,1H3,(H,32,35)/b25-19+/t27-/m1/s1. The average Bonchev–Trinajstić information content (AvgIpc) is 3.58. The molecule has 0 radical (unpaired) electrons. The number of anilines is 2. The number of rotatable bonds is 5. The molecule has 1 N–H and O–H groups in total. The maximum absolute atomic E-state index is 13.8. The quantitative estimate of drug-likeness (QED) is 0.391. The summed E-state index contributed by atoms with van der Waals surface area (Å²) >= 11 is 2.90. The highest BCUT2D eigenvalue weighted by Gasteiger charge is 2.33. The van der Waals surface area contributed by atoms with E-state index < -0.39 is 6.04 Å². The first-order valence-corrected chi connectivity index (χ1v) is 14.6. The van der Waals surface area contributed by atoms with Crippen molar-refractivity contribution in [3.05, 3.63) is 114 Å². The first kappa shape index (κ1) is 24.6. The number of nitrogens with zero attached hydrogens (tertiary/aromatic N) is 3. The van der Waals surface area contributed by atoms with Crippen molar-refractivity contribution < 1.29 is 4.79 Å². The van der Waals surface area contributed by atoms with Crippen LogP contribution in [0.15, 0.2) is 93.2 Å². The normalized spacial score (nSPS) is 17.8. The van der Waals surface area contributed by atoms with Crippen LogP contribution in [0.2, 0.25) is 0 Å². The van der Waals surface area contributed by atoms with E-state index in [0.29, 0.717) is 26.3 Å². The number of hydrogen-bond acceptors (Lipinski definition) is 6. The van der Waals surface area contributed by atoms with Crippen LogP contribution >= 0.6 is 22.7 Å². The number of benzene rings is 2. The summed E-state index contributed by atoms with van der Waals surface area (Å²) in [6, 6.07) is 21.2. The van der Waals surface area contributed by atoms with Crippen LogP contribution in [0.3, 0.4) is 0 Å². The summed E-state index contributed by atoms with van der Waals surface area (Å²) in [5, 5.41) is 4.96. The van der Waals surface area contributed by atoms with Gasteiger partial charge < -0.3 is 10.2 Å². The molecule has 0 spiro atoms. The van der Waals surface area contributed by atoms with Crippen LogP contribution in [0.4, 0.5) is 11.4 Å². The highest BCUT2D eigenvalue weighted by Crippen LogP contribution is 2.33. The van der Waals surface area contributed by atoms with Gasteiger partial charge in [0.15, 0.2) is 4.80 Å². The molecule has 0 bridgehead atoms. The molecule has 2 aromatic heterocycles. The third-order valence-corrected chi connectivity index (χ3v) is 8.93. The SMILES string of the molecule is CC1=C(C(=O)Nc2ccccc2)[C@@H](c2cccs2)n2c(s/c(=C/c3ccc(N4CCCCC4)cc3)c2=O)=N1. The molecule has 8 heteroatoms. The van der Waals surface area contributed by atoms with Crippen molar-refractivity contribution >= 4 is 46.0 Å². The first-order valence-electron chi connectivity index (χ1n) is 12.9. The number of thiazole rings is 1. The lowest BCUT2D eigenvalue weighted by atomic mass is 10.0. The Kier molecular flexibility index (Phi) is 6.82. The largest absolute Gasteiger partial charge is 0.372 e. The van der Waals surface area contributed by atoms with Crippen LogP contribution in [0.1, 0.15) is 42.7 Å². The molecule has 1 saturated heterocycles. The molecule has 6 rings (SSSR count).